The summed E-state index contributed by atoms with van der Waals surface area (Å²) in [5, 5.41) is 6.19. The molecule has 2 amide bonds. The van der Waals surface area contributed by atoms with E-state index in [4.69, 9.17) is 0 Å². The van der Waals surface area contributed by atoms with Gasteiger partial charge in [0.1, 0.15) is 5.69 Å². The van der Waals surface area contributed by atoms with E-state index in [1.165, 1.54) is 0 Å². The number of hydrogen-bond donors (Lipinski definition) is 3. The lowest BCUT2D eigenvalue weighted by Gasteiger charge is -2.03. The van der Waals surface area contributed by atoms with Gasteiger partial charge in [-0.05, 0) is 24.3 Å². The molecule has 0 bridgehead atoms. The van der Waals surface area contributed by atoms with Gasteiger partial charge in [0.05, 0.1) is 13.1 Å². The number of rotatable bonds is 4. The molecule has 0 aliphatic carbocycles. The number of aromatic amines is 1. The molecule has 3 aromatic rings. The molecule has 25 heavy (non-hydrogen) atoms. The maximum atomic E-state index is 12.1. The number of para-hydroxylation sites is 1. The second-order valence-corrected chi connectivity index (χ2v) is 5.40. The van der Waals surface area contributed by atoms with E-state index in [1.54, 1.807) is 6.07 Å². The minimum Gasteiger partial charge on any atom is -0.351 e. The van der Waals surface area contributed by atoms with Crippen molar-refractivity contribution < 1.29 is 9.59 Å². The molecule has 124 valence electrons. The molecule has 1 aromatic heterocycles. The first-order chi connectivity index (χ1) is 12.2. The second kappa shape index (κ2) is 7.84. The van der Waals surface area contributed by atoms with Crippen molar-refractivity contribution in [3.05, 3.63) is 71.9 Å². The van der Waals surface area contributed by atoms with E-state index in [1.807, 2.05) is 54.6 Å². The highest BCUT2D eigenvalue weighted by atomic mass is 16.2. The highest BCUT2D eigenvalue weighted by Crippen LogP contribution is 2.14. The Balaban J connectivity index is 1.45. The minimum atomic E-state index is -0.318. The highest BCUT2D eigenvalue weighted by molar-refractivity contribution is 5.99. The number of aromatic nitrogens is 1. The van der Waals surface area contributed by atoms with Crippen LogP contribution in [0.25, 0.3) is 10.9 Å². The Morgan fingerprint density at radius 1 is 0.960 bits per heavy atom. The van der Waals surface area contributed by atoms with Gasteiger partial charge in [0.25, 0.3) is 5.91 Å². The molecule has 3 N–H and O–H groups in total. The zero-order chi connectivity index (χ0) is 17.5. The van der Waals surface area contributed by atoms with E-state index in [0.29, 0.717) is 5.69 Å². The van der Waals surface area contributed by atoms with E-state index in [9.17, 15) is 9.59 Å². The summed E-state index contributed by atoms with van der Waals surface area (Å²) >= 11 is 0. The normalized spacial score (nSPS) is 9.92. The third-order valence-electron chi connectivity index (χ3n) is 3.56. The quantitative estimate of drug-likeness (QED) is 0.640. The van der Waals surface area contributed by atoms with Gasteiger partial charge in [0, 0.05) is 16.5 Å². The van der Waals surface area contributed by atoms with Gasteiger partial charge in [-0.15, -0.1) is 0 Å². The van der Waals surface area contributed by atoms with Crippen LogP contribution in [0.5, 0.6) is 0 Å². The number of amides is 2. The van der Waals surface area contributed by atoms with Crippen molar-refractivity contribution in [1.82, 2.24) is 15.6 Å². The van der Waals surface area contributed by atoms with E-state index in [-0.39, 0.29) is 24.9 Å². The molecule has 5 nitrogen and oxygen atoms in total. The largest absolute Gasteiger partial charge is 0.351 e. The lowest BCUT2D eigenvalue weighted by atomic mass is 10.2. The summed E-state index contributed by atoms with van der Waals surface area (Å²) in [6, 6.07) is 18.9. The number of fused-ring (bicyclic) bond motifs is 1. The predicted octanol–water partition coefficient (Wildman–Crippen LogP) is 2.07. The molecule has 5 heteroatoms. The lowest BCUT2D eigenvalue weighted by molar-refractivity contribution is -0.119. The highest BCUT2D eigenvalue weighted by Gasteiger charge is 2.10. The van der Waals surface area contributed by atoms with Crippen molar-refractivity contribution in [2.75, 3.05) is 13.1 Å². The van der Waals surface area contributed by atoms with Crippen molar-refractivity contribution in [3.63, 3.8) is 0 Å². The molecule has 0 fully saturated rings. The van der Waals surface area contributed by atoms with Gasteiger partial charge in [-0.2, -0.15) is 0 Å². The Bertz CT molecular complexity index is 916. The average Bonchev–Trinajstić information content (AvgIpc) is 3.08. The van der Waals surface area contributed by atoms with Crippen LogP contribution < -0.4 is 10.6 Å². The molecular formula is C20H17N3O2. The fraction of sp³-hybridized carbons (Fsp3) is 0.100. The number of nitrogens with one attached hydrogen (secondary N) is 3. The maximum absolute atomic E-state index is 12.1. The van der Waals surface area contributed by atoms with Gasteiger partial charge in [0.2, 0.25) is 5.91 Å². The van der Waals surface area contributed by atoms with E-state index in [0.717, 1.165) is 16.5 Å². The van der Waals surface area contributed by atoms with E-state index < -0.39 is 0 Å². The van der Waals surface area contributed by atoms with Crippen LogP contribution >= 0.6 is 0 Å². The predicted molar refractivity (Wildman–Crippen MR) is 97.0 cm³/mol. The Morgan fingerprint density at radius 2 is 1.72 bits per heavy atom. The molecule has 0 saturated heterocycles. The van der Waals surface area contributed by atoms with Crippen molar-refractivity contribution in [3.8, 4) is 11.8 Å². The third kappa shape index (κ3) is 4.49. The van der Waals surface area contributed by atoms with Crippen LogP contribution in [0.15, 0.2) is 60.7 Å². The summed E-state index contributed by atoms with van der Waals surface area (Å²) < 4.78 is 0. The molecular weight excluding hydrogens is 314 g/mol. The fourth-order valence-electron chi connectivity index (χ4n) is 2.32. The molecule has 0 aliphatic heterocycles. The summed E-state index contributed by atoms with van der Waals surface area (Å²) in [5.74, 6) is 5.21. The number of carbonyl (C=O) groups is 2. The van der Waals surface area contributed by atoms with E-state index in [2.05, 4.69) is 27.5 Å². The first kappa shape index (κ1) is 16.3. The Hall–Kier alpha value is -3.52. The second-order valence-electron chi connectivity index (χ2n) is 5.40. The molecule has 0 aliphatic rings. The van der Waals surface area contributed by atoms with Crippen LogP contribution in [0.1, 0.15) is 16.1 Å². The maximum Gasteiger partial charge on any atom is 0.268 e. The minimum absolute atomic E-state index is 0.0960. The topological polar surface area (TPSA) is 74.0 Å². The smallest absolute Gasteiger partial charge is 0.268 e. The van der Waals surface area contributed by atoms with Crippen molar-refractivity contribution in [2.45, 2.75) is 0 Å². The number of hydrogen-bond acceptors (Lipinski definition) is 2. The monoisotopic (exact) mass is 331 g/mol. The lowest BCUT2D eigenvalue weighted by Crippen LogP contribution is -2.37. The van der Waals surface area contributed by atoms with Gasteiger partial charge in [-0.3, -0.25) is 9.59 Å². The van der Waals surface area contributed by atoms with Crippen LogP contribution in [-0.4, -0.2) is 29.9 Å². The van der Waals surface area contributed by atoms with Crippen LogP contribution in [0.4, 0.5) is 0 Å². The standard InChI is InChI=1S/C20H17N3O2/c24-19(21-12-6-9-15-7-2-1-3-8-15)14-22-20(25)18-13-16-10-4-5-11-17(16)23-18/h1-5,7-8,10-11,13,23H,12,14H2,(H,21,24)(H,22,25). The molecule has 0 spiro atoms. The van der Waals surface area contributed by atoms with Gasteiger partial charge in [-0.25, -0.2) is 0 Å². The number of H-pyrrole nitrogens is 1. The van der Waals surface area contributed by atoms with Crippen LogP contribution in [0.3, 0.4) is 0 Å². The third-order valence-corrected chi connectivity index (χ3v) is 3.56. The van der Waals surface area contributed by atoms with Gasteiger partial charge in [-0.1, -0.05) is 48.2 Å². The van der Waals surface area contributed by atoms with Gasteiger partial charge in [0.15, 0.2) is 0 Å². The molecule has 3 rings (SSSR count). The van der Waals surface area contributed by atoms with E-state index >= 15 is 0 Å². The summed E-state index contributed by atoms with van der Waals surface area (Å²) in [4.78, 5) is 26.9. The molecule has 1 heterocycles. The molecule has 0 saturated carbocycles. The molecule has 0 radical (unpaired) electrons. The summed E-state index contributed by atoms with van der Waals surface area (Å²) in [7, 11) is 0. The Kier molecular flexibility index (Phi) is 5.13. The molecule has 0 atom stereocenters. The first-order valence-electron chi connectivity index (χ1n) is 7.89. The van der Waals surface area contributed by atoms with Crippen LogP contribution in [0, 0.1) is 11.8 Å². The van der Waals surface area contributed by atoms with Crippen LogP contribution in [-0.2, 0) is 4.79 Å². The molecule has 0 unspecified atom stereocenters. The Morgan fingerprint density at radius 3 is 2.52 bits per heavy atom. The van der Waals surface area contributed by atoms with Crippen molar-refractivity contribution in [1.29, 1.82) is 0 Å². The number of benzene rings is 2. The summed E-state index contributed by atoms with van der Waals surface area (Å²) in [5.41, 5.74) is 2.20. The fourth-order valence-corrected chi connectivity index (χ4v) is 2.32. The zero-order valence-electron chi connectivity index (χ0n) is 13.5. The first-order valence-corrected chi connectivity index (χ1v) is 7.89. The average molecular weight is 331 g/mol. The summed E-state index contributed by atoms with van der Waals surface area (Å²) in [6.07, 6.45) is 0. The summed E-state index contributed by atoms with van der Waals surface area (Å²) in [6.45, 7) is 0.136. The number of carbonyl (C=O) groups excluding carboxylic acids is 2. The zero-order valence-corrected chi connectivity index (χ0v) is 13.5. The van der Waals surface area contributed by atoms with Crippen molar-refractivity contribution in [2.24, 2.45) is 0 Å². The van der Waals surface area contributed by atoms with Gasteiger partial charge >= 0.3 is 0 Å². The van der Waals surface area contributed by atoms with Crippen LogP contribution in [0.2, 0.25) is 0 Å². The van der Waals surface area contributed by atoms with Gasteiger partial charge < -0.3 is 15.6 Å². The SMILES string of the molecule is O=C(CNC(=O)c1cc2ccccc2[nH]1)NCC#Cc1ccccc1. The Labute approximate surface area is 145 Å². The molecule has 2 aromatic carbocycles. The van der Waals surface area contributed by atoms with Crippen molar-refractivity contribution >= 4 is 22.7 Å².